The molecule has 5 nitrogen and oxygen atoms in total. The highest BCUT2D eigenvalue weighted by Gasteiger charge is 2.43. The van der Waals surface area contributed by atoms with Crippen LogP contribution in [0.1, 0.15) is 44.1 Å². The number of piperazine rings is 1. The number of piperidine rings is 1. The topological polar surface area (TPSA) is 47.0 Å². The fourth-order valence-corrected chi connectivity index (χ4v) is 5.10. The Bertz CT molecular complexity index is 669. The zero-order valence-corrected chi connectivity index (χ0v) is 16.7. The Morgan fingerprint density at radius 2 is 1.68 bits per heavy atom. The van der Waals surface area contributed by atoms with E-state index in [-0.39, 0.29) is 11.7 Å². The van der Waals surface area contributed by atoms with Crippen molar-refractivity contribution in [3.63, 3.8) is 0 Å². The summed E-state index contributed by atoms with van der Waals surface area (Å²) in [5, 5.41) is 11.2. The maximum Gasteiger partial charge on any atom is 0.256 e. The van der Waals surface area contributed by atoms with Gasteiger partial charge in [-0.15, -0.1) is 0 Å². The summed E-state index contributed by atoms with van der Waals surface area (Å²) >= 11 is 0. The zero-order valence-electron chi connectivity index (χ0n) is 16.7. The molecule has 0 unspecified atom stereocenters. The van der Waals surface area contributed by atoms with E-state index in [0.29, 0.717) is 26.1 Å². The van der Waals surface area contributed by atoms with Crippen molar-refractivity contribution in [2.75, 3.05) is 39.3 Å². The van der Waals surface area contributed by atoms with E-state index in [4.69, 9.17) is 0 Å². The number of hydrogen-bond donors (Lipinski definition) is 1. The quantitative estimate of drug-likeness (QED) is 0.839. The molecular formula is C22H32FN3O2. The third-order valence-corrected chi connectivity index (χ3v) is 6.72. The van der Waals surface area contributed by atoms with Gasteiger partial charge in [0.15, 0.2) is 5.60 Å². The molecule has 1 N–H and O–H groups in total. The van der Waals surface area contributed by atoms with Crippen LogP contribution in [0.2, 0.25) is 0 Å². The number of amides is 1. The average Bonchev–Trinajstić information content (AvgIpc) is 3.23. The van der Waals surface area contributed by atoms with Crippen molar-refractivity contribution >= 4 is 5.91 Å². The van der Waals surface area contributed by atoms with Crippen molar-refractivity contribution in [1.29, 1.82) is 0 Å². The Morgan fingerprint density at radius 1 is 1.00 bits per heavy atom. The Labute approximate surface area is 167 Å². The van der Waals surface area contributed by atoms with E-state index in [9.17, 15) is 14.3 Å². The number of halogens is 1. The predicted molar refractivity (Wildman–Crippen MR) is 106 cm³/mol. The van der Waals surface area contributed by atoms with Crippen LogP contribution in [0, 0.1) is 5.82 Å². The van der Waals surface area contributed by atoms with Gasteiger partial charge in [0, 0.05) is 51.9 Å². The van der Waals surface area contributed by atoms with Crippen LogP contribution in [0.4, 0.5) is 4.39 Å². The largest absolute Gasteiger partial charge is 0.379 e. The molecule has 0 bridgehead atoms. The molecule has 3 fully saturated rings. The lowest BCUT2D eigenvalue weighted by molar-refractivity contribution is -0.160. The Hall–Kier alpha value is -1.50. The molecule has 2 aliphatic heterocycles. The second-order valence-corrected chi connectivity index (χ2v) is 8.74. The molecular weight excluding hydrogens is 357 g/mol. The van der Waals surface area contributed by atoms with Gasteiger partial charge in [-0.3, -0.25) is 14.6 Å². The van der Waals surface area contributed by atoms with E-state index in [1.54, 1.807) is 17.0 Å². The monoisotopic (exact) mass is 389 g/mol. The van der Waals surface area contributed by atoms with Crippen LogP contribution in [-0.2, 0) is 11.3 Å². The summed E-state index contributed by atoms with van der Waals surface area (Å²) in [5.41, 5.74) is -0.405. The summed E-state index contributed by atoms with van der Waals surface area (Å²) < 4.78 is 13.1. The van der Waals surface area contributed by atoms with Gasteiger partial charge in [0.05, 0.1) is 0 Å². The molecule has 0 spiro atoms. The number of likely N-dealkylation sites (tertiary alicyclic amines) is 1. The van der Waals surface area contributed by atoms with Crippen molar-refractivity contribution < 1.29 is 14.3 Å². The van der Waals surface area contributed by atoms with Crippen molar-refractivity contribution in [2.24, 2.45) is 0 Å². The van der Waals surface area contributed by atoms with Gasteiger partial charge >= 0.3 is 0 Å². The first-order chi connectivity index (χ1) is 13.5. The lowest BCUT2D eigenvalue weighted by Crippen LogP contribution is -2.60. The van der Waals surface area contributed by atoms with E-state index in [2.05, 4.69) is 9.80 Å². The van der Waals surface area contributed by atoms with Gasteiger partial charge in [-0.25, -0.2) is 4.39 Å². The van der Waals surface area contributed by atoms with Gasteiger partial charge in [0.2, 0.25) is 0 Å². The molecule has 2 heterocycles. The van der Waals surface area contributed by atoms with E-state index in [1.807, 2.05) is 0 Å². The van der Waals surface area contributed by atoms with E-state index in [1.165, 1.54) is 37.8 Å². The first-order valence-corrected chi connectivity index (χ1v) is 10.8. The van der Waals surface area contributed by atoms with Gasteiger partial charge in [0.1, 0.15) is 5.82 Å². The molecule has 1 aromatic rings. The highest BCUT2D eigenvalue weighted by molar-refractivity contribution is 5.86. The van der Waals surface area contributed by atoms with Crippen molar-refractivity contribution in [1.82, 2.24) is 14.7 Å². The van der Waals surface area contributed by atoms with Crippen LogP contribution in [0.25, 0.3) is 0 Å². The molecule has 1 atom stereocenters. The first kappa shape index (κ1) is 19.8. The molecule has 2 saturated heterocycles. The summed E-state index contributed by atoms with van der Waals surface area (Å²) in [6, 6.07) is 6.99. The van der Waals surface area contributed by atoms with Crippen LogP contribution in [0.5, 0.6) is 0 Å². The lowest BCUT2D eigenvalue weighted by atomic mass is 9.90. The Morgan fingerprint density at radius 3 is 2.36 bits per heavy atom. The minimum Gasteiger partial charge on any atom is -0.379 e. The third-order valence-electron chi connectivity index (χ3n) is 6.72. The number of nitrogens with zero attached hydrogens (tertiary/aromatic N) is 3. The maximum atomic E-state index is 13.1. The highest BCUT2D eigenvalue weighted by atomic mass is 19.1. The second-order valence-electron chi connectivity index (χ2n) is 8.74. The molecule has 154 valence electrons. The fourth-order valence-electron chi connectivity index (χ4n) is 5.10. The standard InChI is InChI=1S/C22H32FN3O2/c23-19-8-6-18(7-9-19)16-26-11-3-10-22(28,21(26)27)17-24-12-14-25(15-13-24)20-4-1-2-5-20/h6-9,20,28H,1-5,10-17H2/t22-/m0/s1. The molecule has 0 aromatic heterocycles. The smallest absolute Gasteiger partial charge is 0.256 e. The average molecular weight is 390 g/mol. The van der Waals surface area contributed by atoms with Gasteiger partial charge in [-0.2, -0.15) is 0 Å². The Balaban J connectivity index is 1.33. The van der Waals surface area contributed by atoms with Gasteiger partial charge in [-0.1, -0.05) is 25.0 Å². The SMILES string of the molecule is O=C1N(Cc2ccc(F)cc2)CCC[C@]1(O)CN1CCN(C2CCCC2)CC1. The highest BCUT2D eigenvalue weighted by Crippen LogP contribution is 2.28. The number of rotatable bonds is 5. The second kappa shape index (κ2) is 8.47. The molecule has 28 heavy (non-hydrogen) atoms. The van der Waals surface area contributed by atoms with Crippen molar-refractivity contribution in [2.45, 2.75) is 56.7 Å². The molecule has 1 saturated carbocycles. The number of benzene rings is 1. The summed E-state index contributed by atoms with van der Waals surface area (Å²) in [4.78, 5) is 19.6. The van der Waals surface area contributed by atoms with Crippen LogP contribution in [0.15, 0.2) is 24.3 Å². The molecule has 6 heteroatoms. The van der Waals surface area contributed by atoms with Crippen LogP contribution in [0.3, 0.4) is 0 Å². The van der Waals surface area contributed by atoms with Crippen LogP contribution < -0.4 is 0 Å². The fraction of sp³-hybridized carbons (Fsp3) is 0.682. The summed E-state index contributed by atoms with van der Waals surface area (Å²) in [5.74, 6) is -0.455. The van der Waals surface area contributed by atoms with Crippen molar-refractivity contribution in [3.05, 3.63) is 35.6 Å². The zero-order chi connectivity index (χ0) is 19.6. The van der Waals surface area contributed by atoms with Gasteiger partial charge in [0.25, 0.3) is 5.91 Å². The van der Waals surface area contributed by atoms with E-state index >= 15 is 0 Å². The summed E-state index contributed by atoms with van der Waals surface area (Å²) in [6.45, 7) is 5.41. The number of carbonyl (C=O) groups excluding carboxylic acids is 1. The van der Waals surface area contributed by atoms with E-state index < -0.39 is 5.60 Å². The van der Waals surface area contributed by atoms with Crippen LogP contribution >= 0.6 is 0 Å². The van der Waals surface area contributed by atoms with E-state index in [0.717, 1.165) is 44.2 Å². The normalized spacial score (nSPS) is 28.2. The molecule has 4 rings (SSSR count). The number of carbonyl (C=O) groups is 1. The molecule has 0 radical (unpaired) electrons. The minimum absolute atomic E-state index is 0.179. The number of aliphatic hydroxyl groups is 1. The maximum absolute atomic E-state index is 13.1. The third kappa shape index (κ3) is 4.39. The Kier molecular flexibility index (Phi) is 5.99. The molecule has 1 aromatic carbocycles. The predicted octanol–water partition coefficient (Wildman–Crippen LogP) is 2.24. The molecule has 1 aliphatic carbocycles. The summed E-state index contributed by atoms with van der Waals surface area (Å²) in [7, 11) is 0. The van der Waals surface area contributed by atoms with Gasteiger partial charge in [-0.05, 0) is 43.4 Å². The number of hydrogen-bond acceptors (Lipinski definition) is 4. The van der Waals surface area contributed by atoms with Gasteiger partial charge < -0.3 is 10.0 Å². The molecule has 1 amide bonds. The molecule has 3 aliphatic rings. The first-order valence-electron chi connectivity index (χ1n) is 10.8. The van der Waals surface area contributed by atoms with Crippen molar-refractivity contribution in [3.8, 4) is 0 Å². The summed E-state index contributed by atoms with van der Waals surface area (Å²) in [6.07, 6.45) is 6.66. The lowest BCUT2D eigenvalue weighted by Gasteiger charge is -2.44. The van der Waals surface area contributed by atoms with Crippen LogP contribution in [-0.4, -0.2) is 76.6 Å². The number of β-amino-alcohol motifs (C(OH)–C–C–N with tert-alkyl or cyclic N) is 1. The minimum atomic E-state index is -1.30.